The third-order valence-electron chi connectivity index (χ3n) is 2.42. The van der Waals surface area contributed by atoms with Gasteiger partial charge in [0.2, 0.25) is 0 Å². The number of rotatable bonds is 2. The first kappa shape index (κ1) is 11.7. The highest BCUT2D eigenvalue weighted by Gasteiger charge is 2.16. The second kappa shape index (κ2) is 4.24. The lowest BCUT2D eigenvalue weighted by molar-refractivity contribution is 0.504. The molecule has 0 amide bonds. The Labute approximate surface area is 96.5 Å². The molecular formula is C12H11F3N2. The van der Waals surface area contributed by atoms with Crippen LogP contribution in [-0.2, 0) is 0 Å². The normalized spacial score (nSPS) is 10.9. The van der Waals surface area contributed by atoms with Gasteiger partial charge < -0.3 is 5.32 Å². The summed E-state index contributed by atoms with van der Waals surface area (Å²) < 4.78 is 40.3. The van der Waals surface area contributed by atoms with Gasteiger partial charge in [-0.3, -0.25) is 0 Å². The molecule has 0 atom stereocenters. The number of hydrogen-bond acceptors (Lipinski definition) is 2. The smallest absolute Gasteiger partial charge is 0.185 e. The number of fused-ring (bicyclic) bond motifs is 1. The molecule has 17 heavy (non-hydrogen) atoms. The van der Waals surface area contributed by atoms with Crippen LogP contribution < -0.4 is 5.32 Å². The third kappa shape index (κ3) is 1.92. The van der Waals surface area contributed by atoms with Crippen LogP contribution in [0.5, 0.6) is 0 Å². The fourth-order valence-corrected chi connectivity index (χ4v) is 1.76. The zero-order valence-corrected chi connectivity index (χ0v) is 9.44. The van der Waals surface area contributed by atoms with Crippen LogP contribution in [0.2, 0.25) is 0 Å². The maximum absolute atomic E-state index is 13.7. The van der Waals surface area contributed by atoms with E-state index in [1.54, 1.807) is 13.0 Å². The molecule has 0 bridgehead atoms. The number of hydrogen-bond donors (Lipinski definition) is 1. The molecule has 0 aliphatic rings. The van der Waals surface area contributed by atoms with Gasteiger partial charge in [0.05, 0.1) is 5.39 Å². The van der Waals surface area contributed by atoms with Crippen molar-refractivity contribution in [2.45, 2.75) is 13.8 Å². The summed E-state index contributed by atoms with van der Waals surface area (Å²) in [4.78, 5) is 3.84. The summed E-state index contributed by atoms with van der Waals surface area (Å²) in [5.74, 6) is -3.16. The first-order valence-corrected chi connectivity index (χ1v) is 5.23. The summed E-state index contributed by atoms with van der Waals surface area (Å²) in [6.07, 6.45) is 0. The van der Waals surface area contributed by atoms with E-state index in [4.69, 9.17) is 0 Å². The van der Waals surface area contributed by atoms with Gasteiger partial charge in [-0.15, -0.1) is 0 Å². The molecule has 1 aromatic heterocycles. The van der Waals surface area contributed by atoms with E-state index < -0.39 is 17.5 Å². The molecule has 5 heteroatoms. The van der Waals surface area contributed by atoms with Crippen LogP contribution in [0, 0.1) is 24.4 Å². The van der Waals surface area contributed by atoms with E-state index in [0.717, 1.165) is 0 Å². The SMILES string of the molecule is CCNc1cc(C)nc2c(F)c(F)cc(F)c12. The van der Waals surface area contributed by atoms with E-state index in [1.165, 1.54) is 0 Å². The van der Waals surface area contributed by atoms with E-state index >= 15 is 0 Å². The molecule has 0 saturated carbocycles. The molecule has 2 rings (SSSR count). The van der Waals surface area contributed by atoms with Gasteiger partial charge in [0.15, 0.2) is 11.6 Å². The Morgan fingerprint density at radius 2 is 1.88 bits per heavy atom. The van der Waals surface area contributed by atoms with Crippen LogP contribution in [0.4, 0.5) is 18.9 Å². The highest BCUT2D eigenvalue weighted by molar-refractivity contribution is 5.92. The quantitative estimate of drug-likeness (QED) is 0.814. The average molecular weight is 240 g/mol. The maximum atomic E-state index is 13.7. The lowest BCUT2D eigenvalue weighted by atomic mass is 10.1. The van der Waals surface area contributed by atoms with Gasteiger partial charge in [0.1, 0.15) is 11.3 Å². The standard InChI is InChI=1S/C12H11F3N2/c1-3-16-9-4-6(2)17-12-10(9)7(13)5-8(14)11(12)15/h4-5H,3H2,1-2H3,(H,16,17). The van der Waals surface area contributed by atoms with E-state index in [2.05, 4.69) is 10.3 Å². The molecule has 0 aliphatic heterocycles. The van der Waals surface area contributed by atoms with Gasteiger partial charge in [-0.2, -0.15) is 0 Å². The van der Waals surface area contributed by atoms with Crippen molar-refractivity contribution in [2.24, 2.45) is 0 Å². The average Bonchev–Trinajstić information content (AvgIpc) is 2.25. The van der Waals surface area contributed by atoms with Gasteiger partial charge in [-0.05, 0) is 19.9 Å². The molecule has 0 radical (unpaired) electrons. The Hall–Kier alpha value is -1.78. The van der Waals surface area contributed by atoms with E-state index in [1.807, 2.05) is 6.92 Å². The Balaban J connectivity index is 2.88. The summed E-state index contributed by atoms with van der Waals surface area (Å²) in [7, 11) is 0. The largest absolute Gasteiger partial charge is 0.385 e. The van der Waals surface area contributed by atoms with E-state index in [0.29, 0.717) is 24.0 Å². The van der Waals surface area contributed by atoms with Crippen LogP contribution >= 0.6 is 0 Å². The highest BCUT2D eigenvalue weighted by Crippen LogP contribution is 2.29. The Morgan fingerprint density at radius 1 is 1.18 bits per heavy atom. The molecule has 1 N–H and O–H groups in total. The minimum absolute atomic E-state index is 0.0173. The van der Waals surface area contributed by atoms with Crippen LogP contribution in [-0.4, -0.2) is 11.5 Å². The number of pyridine rings is 1. The molecule has 0 saturated heterocycles. The van der Waals surface area contributed by atoms with Gasteiger partial charge in [0.25, 0.3) is 0 Å². The van der Waals surface area contributed by atoms with Crippen molar-refractivity contribution in [2.75, 3.05) is 11.9 Å². The predicted octanol–water partition coefficient (Wildman–Crippen LogP) is 3.39. The molecule has 0 fully saturated rings. The lowest BCUT2D eigenvalue weighted by Crippen LogP contribution is -2.03. The predicted molar refractivity (Wildman–Crippen MR) is 60.5 cm³/mol. The first-order valence-electron chi connectivity index (χ1n) is 5.23. The number of aromatic nitrogens is 1. The number of nitrogens with one attached hydrogen (secondary N) is 1. The Kier molecular flexibility index (Phi) is 2.92. The van der Waals surface area contributed by atoms with E-state index in [9.17, 15) is 13.2 Å². The van der Waals surface area contributed by atoms with Gasteiger partial charge in [-0.25, -0.2) is 18.2 Å². The lowest BCUT2D eigenvalue weighted by Gasteiger charge is -2.10. The van der Waals surface area contributed by atoms with E-state index in [-0.39, 0.29) is 10.9 Å². The molecule has 1 heterocycles. The molecule has 90 valence electrons. The van der Waals surface area contributed by atoms with Crippen LogP contribution in [0.1, 0.15) is 12.6 Å². The monoisotopic (exact) mass is 240 g/mol. The van der Waals surface area contributed by atoms with Crippen LogP contribution in [0.3, 0.4) is 0 Å². The third-order valence-corrected chi connectivity index (χ3v) is 2.42. The van der Waals surface area contributed by atoms with Crippen molar-refractivity contribution >= 4 is 16.6 Å². The number of nitrogens with zero attached hydrogens (tertiary/aromatic N) is 1. The second-order valence-corrected chi connectivity index (χ2v) is 3.72. The summed E-state index contributed by atoms with van der Waals surface area (Å²) >= 11 is 0. The number of aryl methyl sites for hydroxylation is 1. The number of anilines is 1. The van der Waals surface area contributed by atoms with Crippen molar-refractivity contribution < 1.29 is 13.2 Å². The molecule has 0 spiro atoms. The molecule has 2 nitrogen and oxygen atoms in total. The molecular weight excluding hydrogens is 229 g/mol. The fraction of sp³-hybridized carbons (Fsp3) is 0.250. The minimum Gasteiger partial charge on any atom is -0.385 e. The summed E-state index contributed by atoms with van der Waals surface area (Å²) in [6, 6.07) is 2.14. The Bertz CT molecular complexity index is 582. The second-order valence-electron chi connectivity index (χ2n) is 3.72. The van der Waals surface area contributed by atoms with Crippen molar-refractivity contribution in [3.63, 3.8) is 0 Å². The van der Waals surface area contributed by atoms with Crippen molar-refractivity contribution in [1.29, 1.82) is 0 Å². The van der Waals surface area contributed by atoms with Crippen LogP contribution in [0.15, 0.2) is 12.1 Å². The van der Waals surface area contributed by atoms with Gasteiger partial charge in [0, 0.05) is 24.0 Å². The fourth-order valence-electron chi connectivity index (χ4n) is 1.76. The zero-order valence-electron chi connectivity index (χ0n) is 9.44. The Morgan fingerprint density at radius 3 is 2.53 bits per heavy atom. The summed E-state index contributed by atoms with van der Waals surface area (Å²) in [6.45, 7) is 4.03. The zero-order chi connectivity index (χ0) is 12.6. The summed E-state index contributed by atoms with van der Waals surface area (Å²) in [5, 5.41) is 2.89. The molecule has 1 aromatic carbocycles. The van der Waals surface area contributed by atoms with Gasteiger partial charge in [-0.1, -0.05) is 0 Å². The number of benzene rings is 1. The topological polar surface area (TPSA) is 24.9 Å². The highest BCUT2D eigenvalue weighted by atomic mass is 19.2. The van der Waals surface area contributed by atoms with Crippen LogP contribution in [0.25, 0.3) is 10.9 Å². The maximum Gasteiger partial charge on any atom is 0.185 e. The van der Waals surface area contributed by atoms with Crippen molar-refractivity contribution in [3.05, 3.63) is 35.3 Å². The van der Waals surface area contributed by atoms with Crippen molar-refractivity contribution in [1.82, 2.24) is 4.98 Å². The number of halogens is 3. The van der Waals surface area contributed by atoms with Gasteiger partial charge >= 0.3 is 0 Å². The molecule has 2 aromatic rings. The van der Waals surface area contributed by atoms with Crippen molar-refractivity contribution in [3.8, 4) is 0 Å². The molecule has 0 aliphatic carbocycles. The summed E-state index contributed by atoms with van der Waals surface area (Å²) in [5.41, 5.74) is 0.641. The molecule has 0 unspecified atom stereocenters. The first-order chi connectivity index (χ1) is 8.04. The minimum atomic E-state index is -1.23.